The van der Waals surface area contributed by atoms with E-state index < -0.39 is 0 Å². The van der Waals surface area contributed by atoms with Crippen molar-refractivity contribution >= 4 is 0 Å². The lowest BCUT2D eigenvalue weighted by atomic mass is 9.55. The predicted octanol–water partition coefficient (Wildman–Crippen LogP) is 10.9. The van der Waals surface area contributed by atoms with Gasteiger partial charge in [0, 0.05) is 50.1 Å². The van der Waals surface area contributed by atoms with Crippen LogP contribution in [0, 0.1) is 118 Å². The minimum Gasteiger partial charge on any atom is -0.378 e. The topological polar surface area (TPSA) is 133 Å². The van der Waals surface area contributed by atoms with E-state index in [2.05, 4.69) is 76.7 Å². The average molecular weight is 1110 g/mol. The summed E-state index contributed by atoms with van der Waals surface area (Å²) in [6.45, 7) is 23.7. The van der Waals surface area contributed by atoms with Gasteiger partial charge < -0.3 is 18.9 Å². The van der Waals surface area contributed by atoms with Crippen LogP contribution in [0.25, 0.3) is 0 Å². The first-order valence-electron chi connectivity index (χ1n) is 35.8. The maximum Gasteiger partial charge on any atom is 0.0665 e. The Bertz CT molecular complexity index is 1850. The minimum absolute atomic E-state index is 0.0998. The molecule has 12 heteroatoms. The van der Waals surface area contributed by atoms with Gasteiger partial charge in [-0.3, -0.25) is 42.5 Å². The van der Waals surface area contributed by atoms with Crippen LogP contribution in [0.2, 0.25) is 0 Å². The van der Waals surface area contributed by atoms with Gasteiger partial charge in [-0.2, -0.15) is 0 Å². The van der Waals surface area contributed by atoms with Crippen molar-refractivity contribution in [2.75, 3.05) is 26.4 Å². The van der Waals surface area contributed by atoms with Crippen LogP contribution in [-0.2, 0) is 18.9 Å². The summed E-state index contributed by atoms with van der Waals surface area (Å²) in [5.41, 5.74) is 0. The Hall–Kier alpha value is -0.480. The molecule has 8 N–H and O–H groups in total. The Labute approximate surface area is 487 Å². The van der Waals surface area contributed by atoms with E-state index in [4.69, 9.17) is 40.2 Å². The van der Waals surface area contributed by atoms with Crippen molar-refractivity contribution in [2.45, 2.75) is 283 Å². The Balaban J connectivity index is 0.950. The zero-order chi connectivity index (χ0) is 54.8. The zero-order valence-electron chi connectivity index (χ0n) is 51.9. The van der Waals surface area contributed by atoms with Gasteiger partial charge in [0.1, 0.15) is 0 Å². The molecule has 5 aliphatic heterocycles. The van der Waals surface area contributed by atoms with E-state index in [0.29, 0.717) is 118 Å². The van der Waals surface area contributed by atoms with Gasteiger partial charge >= 0.3 is 0 Å². The third-order valence-corrected chi connectivity index (χ3v) is 26.8. The maximum absolute atomic E-state index is 7.53. The Morgan fingerprint density at radius 1 is 0.250 bits per heavy atom. The standard InChI is InChI=1S/C68H120N8O4/c1-9-13-33-77-57-45-29-21-17-25-41(45)37(5)49-53(57)65-70-61(49)69-62-50-38(6)42-26-18-22-30-46(42)58(78-34-14-10-2)54(50)66(71-62)73-64-52-40(8)44-28-20-24-32-48(44)60(80-36-16-12-4)56(52)68(75-64)76-67-55-51(63(72-65)74-67)39(7)43-27-19-23-31-47(43)59(55)79-35-15-11-3/h37-76H,9-36H2,1-8H3. The van der Waals surface area contributed by atoms with Gasteiger partial charge in [-0.15, -0.1) is 0 Å². The molecule has 32 atom stereocenters. The summed E-state index contributed by atoms with van der Waals surface area (Å²) in [5.74, 6) is 10.9. The molecule has 13 aliphatic rings. The number of rotatable bonds is 16. The van der Waals surface area contributed by atoms with Crippen LogP contribution in [-0.4, -0.2) is 100 Å². The second-order valence-corrected chi connectivity index (χ2v) is 30.4. The molecule has 0 spiro atoms. The van der Waals surface area contributed by atoms with Gasteiger partial charge in [0.2, 0.25) is 0 Å². The minimum atomic E-state index is 0.0998. The highest BCUT2D eigenvalue weighted by atomic mass is 16.5. The van der Waals surface area contributed by atoms with Crippen LogP contribution in [0.3, 0.4) is 0 Å². The summed E-state index contributed by atoms with van der Waals surface area (Å²) in [6.07, 6.45) is 32.8. The lowest BCUT2D eigenvalue weighted by Crippen LogP contribution is -2.62. The van der Waals surface area contributed by atoms with E-state index in [-0.39, 0.29) is 73.7 Å². The monoisotopic (exact) mass is 1110 g/mol. The molecule has 0 aromatic heterocycles. The molecule has 8 saturated carbocycles. The van der Waals surface area contributed by atoms with E-state index in [1.165, 1.54) is 128 Å². The van der Waals surface area contributed by atoms with Crippen molar-refractivity contribution in [3.8, 4) is 0 Å². The SMILES string of the molecule is CCCCOC1C2CCCCC2C(C)C2C3NC4NC(NC5NC(NC6NC(NC(N3)C12)C1C(C)C2CCCCC2C(OCCCC)C61)C1C(OCCCC)C2CCCCC2C(C)C51)C1C(OCCCC)C2CCCCC2C(C)C41. The third kappa shape index (κ3) is 10.5. The van der Waals surface area contributed by atoms with Crippen molar-refractivity contribution in [2.24, 2.45) is 118 Å². The van der Waals surface area contributed by atoms with E-state index in [0.717, 1.165) is 52.1 Å². The van der Waals surface area contributed by atoms with Crippen molar-refractivity contribution in [3.63, 3.8) is 0 Å². The quantitative estimate of drug-likeness (QED) is 0.0700. The molecule has 13 rings (SSSR count). The summed E-state index contributed by atoms with van der Waals surface area (Å²) in [6, 6.07) is 0. The number of fused-ring (bicyclic) bond motifs is 24. The lowest BCUT2D eigenvalue weighted by molar-refractivity contribution is -0.138. The Morgan fingerprint density at radius 3 is 0.613 bits per heavy atom. The molecule has 8 aliphatic carbocycles. The first kappa shape index (κ1) is 58.5. The first-order chi connectivity index (χ1) is 39.2. The number of nitrogens with one attached hydrogen (secondary N) is 8. The van der Waals surface area contributed by atoms with Crippen molar-refractivity contribution in [1.29, 1.82) is 0 Å². The first-order valence-corrected chi connectivity index (χ1v) is 35.8. The van der Waals surface area contributed by atoms with Crippen LogP contribution in [0.4, 0.5) is 0 Å². The second-order valence-electron chi connectivity index (χ2n) is 30.4. The van der Waals surface area contributed by atoms with Gasteiger partial charge in [-0.05, 0) is 172 Å². The Morgan fingerprint density at radius 2 is 0.425 bits per heavy atom. The van der Waals surface area contributed by atoms with Crippen LogP contribution in [0.5, 0.6) is 0 Å². The molecule has 12 nitrogen and oxygen atoms in total. The molecule has 13 fully saturated rings. The molecule has 5 heterocycles. The summed E-state index contributed by atoms with van der Waals surface area (Å²) >= 11 is 0. The molecular formula is C68H120N8O4. The number of hydrogen-bond donors (Lipinski definition) is 8. The highest BCUT2D eigenvalue weighted by Gasteiger charge is 2.67. The van der Waals surface area contributed by atoms with Gasteiger partial charge in [-0.1, -0.05) is 132 Å². The predicted molar refractivity (Wildman–Crippen MR) is 320 cm³/mol. The van der Waals surface area contributed by atoms with Gasteiger partial charge in [0.05, 0.1) is 73.7 Å². The summed E-state index contributed by atoms with van der Waals surface area (Å²) in [7, 11) is 0. The van der Waals surface area contributed by atoms with E-state index >= 15 is 0 Å². The van der Waals surface area contributed by atoms with Crippen molar-refractivity contribution in [1.82, 2.24) is 42.5 Å². The summed E-state index contributed by atoms with van der Waals surface area (Å²) < 4.78 is 30.1. The van der Waals surface area contributed by atoms with Crippen LogP contribution >= 0.6 is 0 Å². The molecular weight excluding hydrogens is 993 g/mol. The van der Waals surface area contributed by atoms with Gasteiger partial charge in [0.25, 0.3) is 0 Å². The van der Waals surface area contributed by atoms with Gasteiger partial charge in [0.15, 0.2) is 0 Å². The number of ether oxygens (including phenoxy) is 4. The second kappa shape index (κ2) is 25.7. The van der Waals surface area contributed by atoms with Crippen molar-refractivity contribution in [3.05, 3.63) is 0 Å². The fourth-order valence-corrected chi connectivity index (χ4v) is 23.4. The molecule has 32 unspecified atom stereocenters. The zero-order valence-corrected chi connectivity index (χ0v) is 51.9. The molecule has 456 valence electrons. The van der Waals surface area contributed by atoms with Gasteiger partial charge in [-0.25, -0.2) is 0 Å². The number of hydrogen-bond acceptors (Lipinski definition) is 12. The fourth-order valence-electron chi connectivity index (χ4n) is 23.4. The molecule has 0 radical (unpaired) electrons. The smallest absolute Gasteiger partial charge is 0.0665 e. The Kier molecular flexibility index (Phi) is 18.8. The molecule has 80 heavy (non-hydrogen) atoms. The largest absolute Gasteiger partial charge is 0.378 e. The lowest BCUT2D eigenvalue weighted by Gasteiger charge is -2.54. The van der Waals surface area contributed by atoms with E-state index in [1.54, 1.807) is 0 Å². The van der Waals surface area contributed by atoms with Crippen LogP contribution in [0.15, 0.2) is 0 Å². The summed E-state index contributed by atoms with van der Waals surface area (Å²) in [4.78, 5) is 0. The molecule has 0 aromatic rings. The van der Waals surface area contributed by atoms with Crippen LogP contribution < -0.4 is 42.5 Å². The summed E-state index contributed by atoms with van der Waals surface area (Å²) in [5, 5.41) is 37.2. The van der Waals surface area contributed by atoms with E-state index in [9.17, 15) is 0 Å². The van der Waals surface area contributed by atoms with Crippen LogP contribution in [0.1, 0.15) is 209 Å². The highest BCUT2D eigenvalue weighted by molar-refractivity contribution is 5.18. The maximum atomic E-state index is 7.53. The molecule has 5 saturated heterocycles. The number of unbranched alkanes of at least 4 members (excludes halogenated alkanes) is 4. The normalized spacial score (nSPS) is 53.1. The molecule has 8 bridgehead atoms. The van der Waals surface area contributed by atoms with E-state index in [1.807, 2.05) is 0 Å². The molecule has 0 aromatic carbocycles. The molecule has 0 amide bonds. The average Bonchev–Trinajstić information content (AvgIpc) is 4.32. The highest BCUT2D eigenvalue weighted by Crippen LogP contribution is 2.60. The third-order valence-electron chi connectivity index (χ3n) is 26.8. The van der Waals surface area contributed by atoms with Crippen molar-refractivity contribution < 1.29 is 18.9 Å². The fraction of sp³-hybridized carbons (Fsp3) is 1.00.